The maximum Gasteiger partial charge on any atom is 0.344 e. The Morgan fingerprint density at radius 1 is 1.30 bits per heavy atom. The molecule has 23 heavy (non-hydrogen) atoms. The van der Waals surface area contributed by atoms with Gasteiger partial charge in [-0.2, -0.15) is 0 Å². The van der Waals surface area contributed by atoms with Gasteiger partial charge in [-0.05, 0) is 25.5 Å². The Morgan fingerprint density at radius 3 is 2.87 bits per heavy atom. The number of hydrogen-bond donors (Lipinski definition) is 1. The van der Waals surface area contributed by atoms with Crippen LogP contribution in [-0.4, -0.2) is 21.1 Å². The number of aromatic nitrogens is 3. The maximum atomic E-state index is 12.2. The number of nitrogens with two attached hydrogens (primary N) is 1. The van der Waals surface area contributed by atoms with Crippen LogP contribution in [0, 0.1) is 6.92 Å². The molecule has 0 aliphatic heterocycles. The summed E-state index contributed by atoms with van der Waals surface area (Å²) in [5.74, 6) is 0.639. The van der Waals surface area contributed by atoms with Gasteiger partial charge in [-0.15, -0.1) is 0 Å². The lowest BCUT2D eigenvalue weighted by Crippen LogP contribution is -2.10. The average Bonchev–Trinajstić information content (AvgIpc) is 2.93. The third-order valence-corrected chi connectivity index (χ3v) is 3.48. The molecule has 0 unspecified atom stereocenters. The van der Waals surface area contributed by atoms with Crippen LogP contribution in [0.15, 0.2) is 28.8 Å². The summed E-state index contributed by atoms with van der Waals surface area (Å²) in [4.78, 5) is 20.7. The zero-order valence-corrected chi connectivity index (χ0v) is 12.9. The van der Waals surface area contributed by atoms with Crippen LogP contribution in [-0.2, 0) is 17.8 Å². The lowest BCUT2D eigenvalue weighted by molar-refractivity contribution is 0.0459. The lowest BCUT2D eigenvalue weighted by Gasteiger charge is -2.06. The third kappa shape index (κ3) is 2.85. The Hall–Kier alpha value is -2.96. The van der Waals surface area contributed by atoms with Gasteiger partial charge in [0.05, 0.1) is 11.2 Å². The van der Waals surface area contributed by atoms with Crippen LogP contribution in [0.3, 0.4) is 0 Å². The smallest absolute Gasteiger partial charge is 0.344 e. The summed E-state index contributed by atoms with van der Waals surface area (Å²) in [6.07, 6.45) is 0.585. The monoisotopic (exact) mass is 312 g/mol. The van der Waals surface area contributed by atoms with E-state index >= 15 is 0 Å². The van der Waals surface area contributed by atoms with E-state index in [4.69, 9.17) is 15.0 Å². The summed E-state index contributed by atoms with van der Waals surface area (Å²) in [6.45, 7) is 3.50. The minimum absolute atomic E-state index is 0.0678. The second-order valence-electron chi connectivity index (χ2n) is 5.03. The Labute approximate surface area is 132 Å². The molecule has 0 saturated heterocycles. The second-order valence-corrected chi connectivity index (χ2v) is 5.03. The number of hydrogen-bond acceptors (Lipinski definition) is 7. The zero-order chi connectivity index (χ0) is 16.4. The molecule has 3 rings (SSSR count). The molecule has 7 heteroatoms. The van der Waals surface area contributed by atoms with Crippen molar-refractivity contribution < 1.29 is 14.1 Å². The van der Waals surface area contributed by atoms with E-state index in [2.05, 4.69) is 15.1 Å². The van der Waals surface area contributed by atoms with Crippen molar-refractivity contribution in [2.45, 2.75) is 26.9 Å². The van der Waals surface area contributed by atoms with E-state index in [9.17, 15) is 4.79 Å². The fourth-order valence-corrected chi connectivity index (χ4v) is 2.34. The first kappa shape index (κ1) is 15.0. The molecule has 0 amide bonds. The van der Waals surface area contributed by atoms with Gasteiger partial charge in [-0.25, -0.2) is 14.8 Å². The Balaban J connectivity index is 1.80. The van der Waals surface area contributed by atoms with E-state index in [1.54, 1.807) is 6.92 Å². The molecule has 2 aromatic heterocycles. The van der Waals surface area contributed by atoms with E-state index in [-0.39, 0.29) is 6.61 Å². The molecule has 118 valence electrons. The SMILES string of the molecule is CCc1noc(C)c1C(=O)OCc1nc(N)c2ccccc2n1. The summed E-state index contributed by atoms with van der Waals surface area (Å²) in [5.41, 5.74) is 7.56. The van der Waals surface area contributed by atoms with E-state index in [1.165, 1.54) is 0 Å². The van der Waals surface area contributed by atoms with Crippen LogP contribution in [0.2, 0.25) is 0 Å². The molecular formula is C16H16N4O3. The van der Waals surface area contributed by atoms with Crippen molar-refractivity contribution in [1.29, 1.82) is 0 Å². The highest BCUT2D eigenvalue weighted by Gasteiger charge is 2.21. The molecule has 0 saturated carbocycles. The quantitative estimate of drug-likeness (QED) is 0.738. The number of benzene rings is 1. The van der Waals surface area contributed by atoms with E-state index < -0.39 is 5.97 Å². The highest BCUT2D eigenvalue weighted by molar-refractivity contribution is 5.91. The van der Waals surface area contributed by atoms with E-state index in [0.29, 0.717) is 40.6 Å². The predicted molar refractivity (Wildman–Crippen MR) is 83.7 cm³/mol. The fraction of sp³-hybridized carbons (Fsp3) is 0.250. The fourth-order valence-electron chi connectivity index (χ4n) is 2.34. The number of esters is 1. The molecule has 0 fully saturated rings. The van der Waals surface area contributed by atoms with Crippen LogP contribution < -0.4 is 5.73 Å². The standard InChI is InChI=1S/C16H16N4O3/c1-3-11-14(9(2)23-20-11)16(21)22-8-13-18-12-7-5-4-6-10(12)15(17)19-13/h4-7H,3,8H2,1-2H3,(H2,17,18,19). The predicted octanol–water partition coefficient (Wildman–Crippen LogP) is 2.43. The zero-order valence-electron chi connectivity index (χ0n) is 12.9. The number of nitrogens with zero attached hydrogens (tertiary/aromatic N) is 3. The molecular weight excluding hydrogens is 296 g/mol. The van der Waals surface area contributed by atoms with Crippen molar-refractivity contribution >= 4 is 22.7 Å². The van der Waals surface area contributed by atoms with Crippen molar-refractivity contribution in [1.82, 2.24) is 15.1 Å². The van der Waals surface area contributed by atoms with Crippen LogP contribution in [0.1, 0.15) is 34.6 Å². The molecule has 1 aromatic carbocycles. The molecule has 0 atom stereocenters. The van der Waals surface area contributed by atoms with Crippen molar-refractivity contribution in [3.8, 4) is 0 Å². The topological polar surface area (TPSA) is 104 Å². The van der Waals surface area contributed by atoms with Gasteiger partial charge in [0.2, 0.25) is 0 Å². The minimum Gasteiger partial charge on any atom is -0.454 e. The third-order valence-electron chi connectivity index (χ3n) is 3.48. The Kier molecular flexibility index (Phi) is 3.92. The van der Waals surface area contributed by atoms with Gasteiger partial charge in [0, 0.05) is 5.39 Å². The summed E-state index contributed by atoms with van der Waals surface area (Å²) >= 11 is 0. The normalized spacial score (nSPS) is 10.9. The molecule has 2 heterocycles. The van der Waals surface area contributed by atoms with Crippen LogP contribution in [0.25, 0.3) is 10.9 Å². The maximum absolute atomic E-state index is 12.2. The highest BCUT2D eigenvalue weighted by Crippen LogP contribution is 2.19. The number of anilines is 1. The number of nitrogen functional groups attached to an aromatic ring is 1. The minimum atomic E-state index is -0.504. The molecule has 0 radical (unpaired) electrons. The van der Waals surface area contributed by atoms with Crippen molar-refractivity contribution in [3.05, 3.63) is 47.1 Å². The number of para-hydroxylation sites is 1. The van der Waals surface area contributed by atoms with Gasteiger partial charge >= 0.3 is 5.97 Å². The molecule has 7 nitrogen and oxygen atoms in total. The van der Waals surface area contributed by atoms with Crippen molar-refractivity contribution in [2.24, 2.45) is 0 Å². The first-order chi connectivity index (χ1) is 11.1. The van der Waals surface area contributed by atoms with Crippen LogP contribution in [0.4, 0.5) is 5.82 Å². The average molecular weight is 312 g/mol. The number of carbonyl (C=O) groups is 1. The number of rotatable bonds is 4. The van der Waals surface area contributed by atoms with Crippen LogP contribution in [0.5, 0.6) is 0 Å². The summed E-state index contributed by atoms with van der Waals surface area (Å²) in [6, 6.07) is 7.40. The van der Waals surface area contributed by atoms with Gasteiger partial charge < -0.3 is 15.0 Å². The summed E-state index contributed by atoms with van der Waals surface area (Å²) in [7, 11) is 0. The summed E-state index contributed by atoms with van der Waals surface area (Å²) in [5, 5.41) is 4.61. The number of ether oxygens (including phenoxy) is 1. The largest absolute Gasteiger partial charge is 0.454 e. The van der Waals surface area contributed by atoms with Gasteiger partial charge in [0.25, 0.3) is 0 Å². The molecule has 0 aliphatic carbocycles. The van der Waals surface area contributed by atoms with E-state index in [0.717, 1.165) is 5.39 Å². The highest BCUT2D eigenvalue weighted by atomic mass is 16.5. The van der Waals surface area contributed by atoms with Gasteiger partial charge in [-0.3, -0.25) is 0 Å². The van der Waals surface area contributed by atoms with Gasteiger partial charge in [0.1, 0.15) is 17.1 Å². The number of fused-ring (bicyclic) bond motifs is 1. The first-order valence-corrected chi connectivity index (χ1v) is 7.23. The molecule has 0 spiro atoms. The summed E-state index contributed by atoms with van der Waals surface area (Å²) < 4.78 is 10.3. The van der Waals surface area contributed by atoms with Gasteiger partial charge in [0.15, 0.2) is 12.4 Å². The molecule has 0 aliphatic rings. The van der Waals surface area contributed by atoms with E-state index in [1.807, 2.05) is 31.2 Å². The van der Waals surface area contributed by atoms with Gasteiger partial charge in [-0.1, -0.05) is 24.2 Å². The Morgan fingerprint density at radius 2 is 2.09 bits per heavy atom. The first-order valence-electron chi connectivity index (χ1n) is 7.23. The number of aryl methyl sites for hydroxylation is 2. The van der Waals surface area contributed by atoms with Crippen LogP contribution >= 0.6 is 0 Å². The Bertz CT molecular complexity index is 873. The van der Waals surface area contributed by atoms with Crippen molar-refractivity contribution in [2.75, 3.05) is 5.73 Å². The molecule has 0 bridgehead atoms. The number of carbonyl (C=O) groups excluding carboxylic acids is 1. The molecule has 2 N–H and O–H groups in total. The van der Waals surface area contributed by atoms with Crippen molar-refractivity contribution in [3.63, 3.8) is 0 Å². The second kappa shape index (κ2) is 6.04. The molecule has 3 aromatic rings. The lowest BCUT2D eigenvalue weighted by atomic mass is 10.1.